The molecular weight excluding hydrogens is 232 g/mol. The van der Waals surface area contributed by atoms with Crippen LogP contribution < -0.4 is 9.64 Å². The highest BCUT2D eigenvalue weighted by Gasteiger charge is 2.32. The molecule has 1 aromatic rings. The van der Waals surface area contributed by atoms with E-state index in [0.29, 0.717) is 0 Å². The molecule has 0 spiro atoms. The van der Waals surface area contributed by atoms with E-state index in [2.05, 4.69) is 0 Å². The first-order valence-corrected chi connectivity index (χ1v) is 4.88. The Morgan fingerprint density at radius 1 is 1.24 bits per heavy atom. The van der Waals surface area contributed by atoms with E-state index in [-0.39, 0.29) is 24.5 Å². The lowest BCUT2D eigenvalue weighted by molar-refractivity contribution is -0.121. The Hall–Kier alpha value is -1.98. The number of amides is 1. The molecular formula is C11H9F2NO3. The van der Waals surface area contributed by atoms with Gasteiger partial charge >= 0.3 is 0 Å². The van der Waals surface area contributed by atoms with Gasteiger partial charge in [0, 0.05) is 12.1 Å². The predicted molar refractivity (Wildman–Crippen MR) is 54.9 cm³/mol. The summed E-state index contributed by atoms with van der Waals surface area (Å²) in [5.74, 6) is -2.79. The molecule has 17 heavy (non-hydrogen) atoms. The molecule has 0 unspecified atom stereocenters. The summed E-state index contributed by atoms with van der Waals surface area (Å²) in [6.45, 7) is -0.293. The quantitative estimate of drug-likeness (QED) is 0.733. The first-order valence-electron chi connectivity index (χ1n) is 4.88. The van der Waals surface area contributed by atoms with Crippen molar-refractivity contribution >= 4 is 17.4 Å². The van der Waals surface area contributed by atoms with Crippen LogP contribution in [0.15, 0.2) is 12.1 Å². The van der Waals surface area contributed by atoms with E-state index in [4.69, 9.17) is 4.74 Å². The maximum absolute atomic E-state index is 13.6. The Bertz CT molecular complexity index is 478. The van der Waals surface area contributed by atoms with Gasteiger partial charge in [0.25, 0.3) is 0 Å². The Balaban J connectivity index is 2.45. The number of benzene rings is 1. The Morgan fingerprint density at radius 3 is 2.24 bits per heavy atom. The van der Waals surface area contributed by atoms with Crippen LogP contribution in [0.5, 0.6) is 5.75 Å². The summed E-state index contributed by atoms with van der Waals surface area (Å²) in [6, 6.07) is 1.93. The second kappa shape index (κ2) is 4.12. The van der Waals surface area contributed by atoms with Crippen LogP contribution in [0.4, 0.5) is 14.5 Å². The summed E-state index contributed by atoms with van der Waals surface area (Å²) in [5.41, 5.74) is -0.498. The van der Waals surface area contributed by atoms with Crippen LogP contribution in [0.25, 0.3) is 0 Å². The highest BCUT2D eigenvalue weighted by molar-refractivity contribution is 6.15. The third-order valence-corrected chi connectivity index (χ3v) is 2.48. The molecule has 1 saturated heterocycles. The lowest BCUT2D eigenvalue weighted by Gasteiger charge is -2.17. The fraction of sp³-hybridized carbons (Fsp3) is 0.273. The molecule has 1 amide bonds. The van der Waals surface area contributed by atoms with Gasteiger partial charge in [-0.15, -0.1) is 0 Å². The standard InChI is InChI=1S/C11H9F2NO3/c1-17-7-3-8(12)11(9(13)4-7)14-5-6(15)2-10(14)16/h3-4H,2,5H2,1H3. The van der Waals surface area contributed by atoms with Crippen molar-refractivity contribution < 1.29 is 23.1 Å². The maximum Gasteiger partial charge on any atom is 0.235 e. The van der Waals surface area contributed by atoms with E-state index in [1.807, 2.05) is 0 Å². The average molecular weight is 241 g/mol. The van der Waals surface area contributed by atoms with Crippen LogP contribution in [0.1, 0.15) is 6.42 Å². The van der Waals surface area contributed by atoms with Crippen LogP contribution in [0.2, 0.25) is 0 Å². The molecule has 0 aromatic heterocycles. The van der Waals surface area contributed by atoms with Crippen molar-refractivity contribution in [3.8, 4) is 5.75 Å². The number of hydrogen-bond donors (Lipinski definition) is 0. The van der Waals surface area contributed by atoms with Gasteiger partial charge < -0.3 is 4.74 Å². The number of halogens is 2. The van der Waals surface area contributed by atoms with Gasteiger partial charge in [0.15, 0.2) is 17.4 Å². The minimum atomic E-state index is -0.926. The van der Waals surface area contributed by atoms with E-state index in [0.717, 1.165) is 17.0 Å². The number of hydrogen-bond acceptors (Lipinski definition) is 3. The zero-order valence-corrected chi connectivity index (χ0v) is 9.00. The minimum absolute atomic E-state index is 0.0155. The van der Waals surface area contributed by atoms with Crippen molar-refractivity contribution in [3.05, 3.63) is 23.8 Å². The monoisotopic (exact) mass is 241 g/mol. The molecule has 4 nitrogen and oxygen atoms in total. The first kappa shape index (κ1) is 11.5. The third-order valence-electron chi connectivity index (χ3n) is 2.48. The Labute approximate surface area is 95.8 Å². The zero-order valence-electron chi connectivity index (χ0n) is 9.00. The fourth-order valence-corrected chi connectivity index (χ4v) is 1.71. The predicted octanol–water partition coefficient (Wildman–Crippen LogP) is 1.28. The lowest BCUT2D eigenvalue weighted by atomic mass is 10.2. The molecule has 0 atom stereocenters. The lowest BCUT2D eigenvalue weighted by Crippen LogP contribution is -2.26. The summed E-state index contributed by atoms with van der Waals surface area (Å²) in [7, 11) is 1.28. The summed E-state index contributed by atoms with van der Waals surface area (Å²) < 4.78 is 31.9. The summed E-state index contributed by atoms with van der Waals surface area (Å²) in [5, 5.41) is 0. The molecule has 90 valence electrons. The van der Waals surface area contributed by atoms with Crippen LogP contribution in [0.3, 0.4) is 0 Å². The zero-order chi connectivity index (χ0) is 12.6. The molecule has 2 rings (SSSR count). The van der Waals surface area contributed by atoms with E-state index in [1.54, 1.807) is 0 Å². The Kier molecular flexibility index (Phi) is 2.79. The van der Waals surface area contributed by atoms with E-state index >= 15 is 0 Å². The van der Waals surface area contributed by atoms with Gasteiger partial charge in [-0.25, -0.2) is 8.78 Å². The van der Waals surface area contributed by atoms with Gasteiger partial charge in [-0.3, -0.25) is 14.5 Å². The van der Waals surface area contributed by atoms with Crippen molar-refractivity contribution in [1.29, 1.82) is 0 Å². The molecule has 0 radical (unpaired) electrons. The topological polar surface area (TPSA) is 46.6 Å². The summed E-state index contributed by atoms with van der Waals surface area (Å²) in [4.78, 5) is 23.2. The number of anilines is 1. The number of ketones is 1. The largest absolute Gasteiger partial charge is 0.497 e. The van der Waals surface area contributed by atoms with Gasteiger partial charge in [-0.05, 0) is 0 Å². The third kappa shape index (κ3) is 1.98. The fourth-order valence-electron chi connectivity index (χ4n) is 1.71. The van der Waals surface area contributed by atoms with Gasteiger partial charge in [0.05, 0.1) is 20.1 Å². The number of Topliss-reactive ketones (excluding diaryl/α,β-unsaturated/α-hetero) is 1. The molecule has 1 heterocycles. The SMILES string of the molecule is COc1cc(F)c(N2CC(=O)CC2=O)c(F)c1. The molecule has 1 aliphatic rings. The first-order chi connectivity index (χ1) is 8.02. The van der Waals surface area contributed by atoms with Crippen molar-refractivity contribution in [2.45, 2.75) is 6.42 Å². The molecule has 6 heteroatoms. The maximum atomic E-state index is 13.6. The molecule has 0 saturated carbocycles. The highest BCUT2D eigenvalue weighted by atomic mass is 19.1. The van der Waals surface area contributed by atoms with Gasteiger partial charge in [0.2, 0.25) is 5.91 Å². The van der Waals surface area contributed by atoms with E-state index in [1.165, 1.54) is 7.11 Å². The van der Waals surface area contributed by atoms with Crippen LogP contribution in [0, 0.1) is 11.6 Å². The van der Waals surface area contributed by atoms with Crippen LogP contribution >= 0.6 is 0 Å². The molecule has 0 bridgehead atoms. The number of carbonyl (C=O) groups excluding carboxylic acids is 2. The smallest absolute Gasteiger partial charge is 0.235 e. The van der Waals surface area contributed by atoms with Crippen LogP contribution in [-0.4, -0.2) is 25.3 Å². The molecule has 1 aromatic carbocycles. The van der Waals surface area contributed by atoms with Gasteiger partial charge in [-0.1, -0.05) is 0 Å². The Morgan fingerprint density at radius 2 is 1.82 bits per heavy atom. The van der Waals surface area contributed by atoms with Gasteiger partial charge in [0.1, 0.15) is 11.4 Å². The number of methoxy groups -OCH3 is 1. The van der Waals surface area contributed by atoms with E-state index in [9.17, 15) is 18.4 Å². The number of rotatable bonds is 2. The normalized spacial score (nSPS) is 15.6. The summed E-state index contributed by atoms with van der Waals surface area (Å²) >= 11 is 0. The van der Waals surface area contributed by atoms with Crippen molar-refractivity contribution in [3.63, 3.8) is 0 Å². The van der Waals surface area contributed by atoms with Crippen molar-refractivity contribution in [1.82, 2.24) is 0 Å². The second-order valence-corrected chi connectivity index (χ2v) is 3.63. The minimum Gasteiger partial charge on any atom is -0.497 e. The van der Waals surface area contributed by atoms with Gasteiger partial charge in [-0.2, -0.15) is 0 Å². The van der Waals surface area contributed by atoms with Crippen molar-refractivity contribution in [2.75, 3.05) is 18.6 Å². The molecule has 0 aliphatic carbocycles. The van der Waals surface area contributed by atoms with Crippen molar-refractivity contribution in [2.24, 2.45) is 0 Å². The highest BCUT2D eigenvalue weighted by Crippen LogP contribution is 2.30. The summed E-state index contributed by atoms with van der Waals surface area (Å²) in [6.07, 6.45) is -0.315. The average Bonchev–Trinajstić information content (AvgIpc) is 2.57. The molecule has 1 fully saturated rings. The van der Waals surface area contributed by atoms with E-state index < -0.39 is 23.2 Å². The number of ether oxygens (including phenoxy) is 1. The number of nitrogens with zero attached hydrogens (tertiary/aromatic N) is 1. The van der Waals surface area contributed by atoms with Crippen LogP contribution in [-0.2, 0) is 9.59 Å². The second-order valence-electron chi connectivity index (χ2n) is 3.63. The molecule has 0 N–H and O–H groups in total. The number of carbonyl (C=O) groups is 2. The molecule has 1 aliphatic heterocycles.